The summed E-state index contributed by atoms with van der Waals surface area (Å²) in [5.74, 6) is 2.08. The van der Waals surface area contributed by atoms with Crippen molar-refractivity contribution in [2.45, 2.75) is 110 Å². The van der Waals surface area contributed by atoms with Gasteiger partial charge in [0.25, 0.3) is 0 Å². The fourth-order valence-electron chi connectivity index (χ4n) is 7.23. The van der Waals surface area contributed by atoms with Crippen LogP contribution in [0.4, 0.5) is 0 Å². The third-order valence-electron chi connectivity index (χ3n) is 8.86. The van der Waals surface area contributed by atoms with Gasteiger partial charge < -0.3 is 15.3 Å². The minimum atomic E-state index is -0.420. The Bertz CT molecular complexity index is 849. The highest BCUT2D eigenvalue weighted by atomic mass is 32.1. The second kappa shape index (κ2) is 10.7. The van der Waals surface area contributed by atoms with Crippen LogP contribution in [0.25, 0.3) is 0 Å². The average molecular weight is 474 g/mol. The van der Waals surface area contributed by atoms with Crippen molar-refractivity contribution in [3.05, 3.63) is 39.4 Å². The van der Waals surface area contributed by atoms with Crippen LogP contribution in [-0.4, -0.2) is 32.5 Å². The molecule has 0 amide bonds. The summed E-state index contributed by atoms with van der Waals surface area (Å²) < 4.78 is 0. The highest BCUT2D eigenvalue weighted by Crippen LogP contribution is 2.60. The smallest absolute Gasteiger partial charge is 0.121 e. The minimum Gasteiger partial charge on any atom is -0.393 e. The summed E-state index contributed by atoms with van der Waals surface area (Å²) in [7, 11) is 0. The number of aromatic nitrogens is 1. The van der Waals surface area contributed by atoms with Gasteiger partial charge in [-0.05, 0) is 87.9 Å². The van der Waals surface area contributed by atoms with Crippen LogP contribution in [-0.2, 0) is 0 Å². The number of aliphatic hydroxyl groups is 3. The summed E-state index contributed by atoms with van der Waals surface area (Å²) in [6.07, 6.45) is 14.7. The van der Waals surface area contributed by atoms with Crippen molar-refractivity contribution in [2.75, 3.05) is 0 Å². The first-order valence-corrected chi connectivity index (χ1v) is 14.0. The molecule has 0 bridgehead atoms. The highest BCUT2D eigenvalue weighted by Gasteiger charge is 2.50. The van der Waals surface area contributed by atoms with E-state index in [2.05, 4.69) is 31.0 Å². The molecule has 0 spiro atoms. The number of rotatable bonds is 7. The molecule has 3 aliphatic rings. The lowest BCUT2D eigenvalue weighted by Gasteiger charge is -2.44. The maximum atomic E-state index is 10.5. The number of thiazole rings is 1. The Morgan fingerprint density at radius 3 is 2.64 bits per heavy atom. The van der Waals surface area contributed by atoms with Crippen molar-refractivity contribution < 1.29 is 15.3 Å². The Morgan fingerprint density at radius 2 is 1.94 bits per heavy atom. The third-order valence-corrected chi connectivity index (χ3v) is 9.92. The normalized spacial score (nSPS) is 35.5. The van der Waals surface area contributed by atoms with Crippen LogP contribution in [0.3, 0.4) is 0 Å². The Labute approximate surface area is 203 Å². The number of aryl methyl sites for hydroxylation is 1. The van der Waals surface area contributed by atoms with Crippen LogP contribution in [0.1, 0.15) is 101 Å². The van der Waals surface area contributed by atoms with E-state index in [0.717, 1.165) is 29.5 Å². The molecule has 3 N–H and O–H groups in total. The molecule has 4 nitrogen and oxygen atoms in total. The molecule has 1 aromatic rings. The van der Waals surface area contributed by atoms with Crippen molar-refractivity contribution in [1.82, 2.24) is 4.98 Å². The van der Waals surface area contributed by atoms with Gasteiger partial charge in [-0.15, -0.1) is 11.3 Å². The van der Waals surface area contributed by atoms with Crippen molar-refractivity contribution in [1.29, 1.82) is 0 Å². The molecule has 0 saturated heterocycles. The molecule has 7 atom stereocenters. The van der Waals surface area contributed by atoms with Gasteiger partial charge >= 0.3 is 0 Å². The van der Waals surface area contributed by atoms with Gasteiger partial charge in [-0.3, -0.25) is 0 Å². The predicted octanol–water partition coefficient (Wildman–Crippen LogP) is 6.27. The van der Waals surface area contributed by atoms with Crippen LogP contribution < -0.4 is 0 Å². The molecule has 3 fully saturated rings. The lowest BCUT2D eigenvalue weighted by molar-refractivity contribution is 0.0609. The first-order valence-electron chi connectivity index (χ1n) is 13.1. The number of hydrogen-bond acceptors (Lipinski definition) is 5. The minimum absolute atomic E-state index is 0.374. The van der Waals surface area contributed by atoms with Gasteiger partial charge in [-0.1, -0.05) is 50.0 Å². The second-order valence-corrected chi connectivity index (χ2v) is 12.3. The molecular formula is C28H43NO3S. The molecule has 5 heteroatoms. The SMILES string of the molecule is Cc1csc([C@@H](O)CCC[C@@H](C)[C@H]2CC[C@H]3/C(=C/C=C4C[C@@H](O)C[C@H](O)C4)CCC[C@]23C)n1. The summed E-state index contributed by atoms with van der Waals surface area (Å²) >= 11 is 1.57. The third kappa shape index (κ3) is 5.80. The fraction of sp³-hybridized carbons (Fsp3) is 0.750. The zero-order valence-corrected chi connectivity index (χ0v) is 21.5. The van der Waals surface area contributed by atoms with Crippen molar-refractivity contribution in [3.8, 4) is 0 Å². The number of allylic oxidation sites excluding steroid dienone is 3. The van der Waals surface area contributed by atoms with Crippen molar-refractivity contribution in [3.63, 3.8) is 0 Å². The monoisotopic (exact) mass is 473 g/mol. The van der Waals surface area contributed by atoms with Gasteiger partial charge in [0, 0.05) is 11.1 Å². The fourth-order valence-corrected chi connectivity index (χ4v) is 8.04. The molecule has 4 rings (SSSR count). The van der Waals surface area contributed by atoms with Crippen molar-refractivity contribution >= 4 is 11.3 Å². The lowest BCUT2D eigenvalue weighted by atomic mass is 9.60. The summed E-state index contributed by atoms with van der Waals surface area (Å²) in [4.78, 5) is 4.45. The summed E-state index contributed by atoms with van der Waals surface area (Å²) in [5.41, 5.74) is 4.16. The lowest BCUT2D eigenvalue weighted by Crippen LogP contribution is -2.36. The molecule has 0 aliphatic heterocycles. The Morgan fingerprint density at radius 1 is 1.18 bits per heavy atom. The second-order valence-electron chi connectivity index (χ2n) is 11.4. The first-order chi connectivity index (χ1) is 15.8. The van der Waals surface area contributed by atoms with Gasteiger partial charge in [-0.25, -0.2) is 4.98 Å². The van der Waals surface area contributed by atoms with E-state index in [9.17, 15) is 15.3 Å². The zero-order valence-electron chi connectivity index (χ0n) is 20.7. The summed E-state index contributed by atoms with van der Waals surface area (Å²) in [6.45, 7) is 6.95. The molecule has 184 valence electrons. The van der Waals surface area contributed by atoms with E-state index in [1.807, 2.05) is 12.3 Å². The summed E-state index contributed by atoms with van der Waals surface area (Å²) in [6, 6.07) is 0. The summed E-state index contributed by atoms with van der Waals surface area (Å²) in [5, 5.41) is 33.4. The Balaban J connectivity index is 1.35. The topological polar surface area (TPSA) is 73.6 Å². The molecule has 3 saturated carbocycles. The number of nitrogens with zero attached hydrogens (tertiary/aromatic N) is 1. The van der Waals surface area contributed by atoms with Gasteiger partial charge in [0.15, 0.2) is 0 Å². The van der Waals surface area contributed by atoms with Crippen LogP contribution in [0.5, 0.6) is 0 Å². The van der Waals surface area contributed by atoms with E-state index in [4.69, 9.17) is 0 Å². The van der Waals surface area contributed by atoms with E-state index in [1.54, 1.807) is 16.9 Å². The molecule has 1 aromatic heterocycles. The van der Waals surface area contributed by atoms with Gasteiger partial charge in [0.1, 0.15) is 11.1 Å². The zero-order chi connectivity index (χ0) is 23.6. The predicted molar refractivity (Wildman–Crippen MR) is 135 cm³/mol. The maximum absolute atomic E-state index is 10.5. The van der Waals surface area contributed by atoms with E-state index >= 15 is 0 Å². The number of aliphatic hydroxyl groups excluding tert-OH is 3. The standard InChI is InChI=1S/C28H43NO3S/c1-18(6-4-8-26(32)27-29-19(2)17-33-27)24-11-12-25-21(7-5-13-28(24,25)3)10-9-20-14-22(30)16-23(31)15-20/h9-10,17-18,22-26,30-32H,4-8,11-16H2,1-3H3/b21-10+/t18-,22-,23-,24-,25+,26+,28-/m1/s1. The van der Waals surface area contributed by atoms with E-state index in [0.29, 0.717) is 36.5 Å². The molecule has 33 heavy (non-hydrogen) atoms. The van der Waals surface area contributed by atoms with Crippen LogP contribution in [0, 0.1) is 30.1 Å². The quantitative estimate of drug-likeness (QED) is 0.436. The van der Waals surface area contributed by atoms with E-state index in [-0.39, 0.29) is 0 Å². The molecule has 0 unspecified atom stereocenters. The van der Waals surface area contributed by atoms with Gasteiger partial charge in [0.2, 0.25) is 0 Å². The van der Waals surface area contributed by atoms with E-state index in [1.165, 1.54) is 44.1 Å². The maximum Gasteiger partial charge on any atom is 0.121 e. The van der Waals surface area contributed by atoms with E-state index < -0.39 is 18.3 Å². The number of fused-ring (bicyclic) bond motifs is 1. The molecular weight excluding hydrogens is 430 g/mol. The molecule has 1 heterocycles. The molecule has 3 aliphatic carbocycles. The van der Waals surface area contributed by atoms with Gasteiger partial charge in [0.05, 0.1) is 12.2 Å². The van der Waals surface area contributed by atoms with Crippen LogP contribution >= 0.6 is 11.3 Å². The molecule has 0 radical (unpaired) electrons. The average Bonchev–Trinajstić information content (AvgIpc) is 3.34. The van der Waals surface area contributed by atoms with Gasteiger partial charge in [-0.2, -0.15) is 0 Å². The Kier molecular flexibility index (Phi) is 8.15. The Hall–Kier alpha value is -1.01. The largest absolute Gasteiger partial charge is 0.393 e. The highest BCUT2D eigenvalue weighted by molar-refractivity contribution is 7.09. The van der Waals surface area contributed by atoms with Crippen LogP contribution in [0.2, 0.25) is 0 Å². The number of hydrogen-bond donors (Lipinski definition) is 3. The molecule has 0 aromatic carbocycles. The first kappa shape index (κ1) is 25.1. The van der Waals surface area contributed by atoms with Crippen molar-refractivity contribution in [2.24, 2.45) is 23.2 Å². The van der Waals surface area contributed by atoms with Crippen LogP contribution in [0.15, 0.2) is 28.7 Å².